The Bertz CT molecular complexity index is 39.7. The summed E-state index contributed by atoms with van der Waals surface area (Å²) in [6.45, 7) is 0. The number of hydrogen-bond acceptors (Lipinski definition) is 5. The molecule has 0 bridgehead atoms. The van der Waals surface area contributed by atoms with Gasteiger partial charge in [0.15, 0.2) is 0 Å². The van der Waals surface area contributed by atoms with Crippen LogP contribution in [0.5, 0.6) is 0 Å². The van der Waals surface area contributed by atoms with Crippen LogP contribution in [0.2, 0.25) is 0 Å². The Morgan fingerprint density at radius 2 is 1.12 bits per heavy atom. The van der Waals surface area contributed by atoms with Crippen LogP contribution in [0, 0.1) is 0 Å². The second kappa shape index (κ2) is 6.06. The average molecular weight is 130 g/mol. The molecule has 5 nitrogen and oxygen atoms in total. The molecule has 0 aromatic carbocycles. The molecule has 42 valence electrons. The van der Waals surface area contributed by atoms with Gasteiger partial charge in [-0.3, -0.25) is 0 Å². The first-order valence-electron chi connectivity index (χ1n) is 1.50. The molecule has 0 heterocycles. The predicted molar refractivity (Wildman–Crippen MR) is 28.6 cm³/mol. The zero-order chi connectivity index (χ0) is 5.86. The van der Waals surface area contributed by atoms with E-state index >= 15 is 0 Å². The van der Waals surface area contributed by atoms with Crippen molar-refractivity contribution in [2.24, 2.45) is 0 Å². The van der Waals surface area contributed by atoms with Gasteiger partial charge in [-0.15, -0.1) is 0 Å². The summed E-state index contributed by atoms with van der Waals surface area (Å²) in [7, 11) is -4.25. The molecule has 0 aliphatic rings. The van der Waals surface area contributed by atoms with Gasteiger partial charge in [0.05, 0.1) is 0 Å². The van der Waals surface area contributed by atoms with E-state index in [2.05, 4.69) is 4.57 Å². The fourth-order valence-electron chi connectivity index (χ4n) is 0.109. The molecule has 0 spiro atoms. The Morgan fingerprint density at radius 1 is 0.875 bits per heavy atom. The van der Waals surface area contributed by atoms with Crippen molar-refractivity contribution in [2.45, 2.75) is 0 Å². The van der Waals surface area contributed by atoms with Crippen LogP contribution in [-0.2, 0) is 4.57 Å². The number of rotatable bonds is 2. The van der Waals surface area contributed by atoms with Crippen molar-refractivity contribution in [3.63, 3.8) is 0 Å². The van der Waals surface area contributed by atoms with Crippen LogP contribution >= 0.6 is 0 Å². The third kappa shape index (κ3) is 10.0. The van der Waals surface area contributed by atoms with Crippen molar-refractivity contribution < 1.29 is 24.7 Å². The molecule has 8 heavy (non-hydrogen) atoms. The summed E-state index contributed by atoms with van der Waals surface area (Å²) in [5, 5.41) is 30.9. The second-order valence-corrected chi connectivity index (χ2v) is 0.789. The molecule has 0 aliphatic heterocycles. The molecular weight excluding hydrogens is 125 g/mol. The normalized spacial score (nSPS) is 7.50. The Balaban J connectivity index is 0. The second-order valence-electron chi connectivity index (χ2n) is 0.789. The van der Waals surface area contributed by atoms with Crippen molar-refractivity contribution in [2.75, 3.05) is 0 Å². The van der Waals surface area contributed by atoms with Gasteiger partial charge in [0.2, 0.25) is 0 Å². The summed E-state index contributed by atoms with van der Waals surface area (Å²) in [4.78, 5) is 0. The van der Waals surface area contributed by atoms with Crippen LogP contribution in [0.1, 0.15) is 0 Å². The van der Waals surface area contributed by atoms with Crippen molar-refractivity contribution in [1.29, 1.82) is 0 Å². The molecule has 0 amide bonds. The molecular formula is H5B2NaO5. The van der Waals surface area contributed by atoms with Gasteiger partial charge in [-0.25, -0.2) is 0 Å². The maximum atomic E-state index is 7.74. The van der Waals surface area contributed by atoms with Crippen molar-refractivity contribution in [1.82, 2.24) is 0 Å². The molecule has 0 aromatic rings. The molecule has 0 fully saturated rings. The van der Waals surface area contributed by atoms with E-state index in [0.717, 1.165) is 0 Å². The predicted octanol–water partition coefficient (Wildman–Crippen LogP) is -3.71. The Labute approximate surface area is 68.9 Å². The summed E-state index contributed by atoms with van der Waals surface area (Å²) in [5.74, 6) is 0. The molecule has 0 aromatic heterocycles. The van der Waals surface area contributed by atoms with E-state index in [1.165, 1.54) is 0 Å². The van der Waals surface area contributed by atoms with Crippen LogP contribution < -0.4 is 0 Å². The Kier molecular flexibility index (Phi) is 8.85. The quantitative estimate of drug-likeness (QED) is 0.288. The summed E-state index contributed by atoms with van der Waals surface area (Å²) in [6, 6.07) is 0. The Hall–Kier alpha value is 0.930. The first-order valence-corrected chi connectivity index (χ1v) is 1.50. The van der Waals surface area contributed by atoms with Gasteiger partial charge >= 0.3 is 44.2 Å². The van der Waals surface area contributed by atoms with Crippen LogP contribution in [0.25, 0.3) is 0 Å². The SMILES string of the molecule is OB(O)OB(O)O.[NaH]. The summed E-state index contributed by atoms with van der Waals surface area (Å²) >= 11 is 0. The Morgan fingerprint density at radius 3 is 1.12 bits per heavy atom. The van der Waals surface area contributed by atoms with Crippen molar-refractivity contribution in [3.05, 3.63) is 0 Å². The monoisotopic (exact) mass is 130 g/mol. The van der Waals surface area contributed by atoms with E-state index in [9.17, 15) is 0 Å². The van der Waals surface area contributed by atoms with Crippen molar-refractivity contribution in [3.8, 4) is 0 Å². The fraction of sp³-hybridized carbons (Fsp3) is 0. The first-order chi connectivity index (χ1) is 3.13. The first kappa shape index (κ1) is 11.7. The fourth-order valence-corrected chi connectivity index (χ4v) is 0.109. The van der Waals surface area contributed by atoms with Crippen LogP contribution in [0.4, 0.5) is 0 Å². The molecule has 0 atom stereocenters. The van der Waals surface area contributed by atoms with Crippen LogP contribution in [0.15, 0.2) is 0 Å². The molecule has 0 saturated carbocycles. The van der Waals surface area contributed by atoms with Gasteiger partial charge in [-0.2, -0.15) is 0 Å². The van der Waals surface area contributed by atoms with Gasteiger partial charge in [-0.1, -0.05) is 0 Å². The average Bonchev–Trinajstić information content (AvgIpc) is 1.27. The standard InChI is InChI=1S/B2H4O5.Na.H/c3-1(4)7-2(5)6;;/h3-6H;;. The molecule has 0 saturated heterocycles. The topological polar surface area (TPSA) is 90.2 Å². The van der Waals surface area contributed by atoms with E-state index in [1.54, 1.807) is 0 Å². The van der Waals surface area contributed by atoms with E-state index < -0.39 is 14.6 Å². The summed E-state index contributed by atoms with van der Waals surface area (Å²) in [5.41, 5.74) is 0. The van der Waals surface area contributed by atoms with E-state index in [0.29, 0.717) is 0 Å². The summed E-state index contributed by atoms with van der Waals surface area (Å²) in [6.07, 6.45) is 0. The van der Waals surface area contributed by atoms with Gasteiger partial charge in [0, 0.05) is 0 Å². The molecule has 8 heteroatoms. The van der Waals surface area contributed by atoms with Crippen LogP contribution in [-0.4, -0.2) is 64.3 Å². The van der Waals surface area contributed by atoms with Gasteiger partial charge in [0.1, 0.15) is 0 Å². The van der Waals surface area contributed by atoms with Crippen LogP contribution in [0.3, 0.4) is 0 Å². The molecule has 4 N–H and O–H groups in total. The van der Waals surface area contributed by atoms with Crippen molar-refractivity contribution >= 4 is 44.2 Å². The van der Waals surface area contributed by atoms with E-state index in [-0.39, 0.29) is 29.6 Å². The molecule has 0 radical (unpaired) electrons. The zero-order valence-electron chi connectivity index (χ0n) is 3.35. The third-order valence-corrected chi connectivity index (χ3v) is 0.243. The minimum absolute atomic E-state index is 0. The van der Waals surface area contributed by atoms with E-state index in [1.807, 2.05) is 0 Å². The molecule has 0 rings (SSSR count). The minimum atomic E-state index is -2.13. The number of hydrogen-bond donors (Lipinski definition) is 4. The van der Waals surface area contributed by atoms with Gasteiger partial charge in [-0.05, 0) is 0 Å². The van der Waals surface area contributed by atoms with Gasteiger partial charge in [0.25, 0.3) is 0 Å². The maximum absolute atomic E-state index is 7.74. The van der Waals surface area contributed by atoms with E-state index in [4.69, 9.17) is 20.1 Å². The van der Waals surface area contributed by atoms with Gasteiger partial charge < -0.3 is 24.7 Å². The molecule has 0 aliphatic carbocycles. The molecule has 0 unspecified atom stereocenters. The third-order valence-electron chi connectivity index (χ3n) is 0.243. The summed E-state index contributed by atoms with van der Waals surface area (Å²) < 4.78 is 3.47. The zero-order valence-corrected chi connectivity index (χ0v) is 3.35.